The second-order valence-electron chi connectivity index (χ2n) is 9.84. The molecule has 5 unspecified atom stereocenters. The van der Waals surface area contributed by atoms with Crippen LogP contribution in [-0.2, 0) is 19.3 Å². The number of allylic oxidation sites excluding steroid dienone is 3. The summed E-state index contributed by atoms with van der Waals surface area (Å²) in [4.78, 5) is 0. The molecule has 1 aromatic carbocycles. The minimum absolute atomic E-state index is 0.126. The second kappa shape index (κ2) is 9.58. The fourth-order valence-electron chi connectivity index (χ4n) is 6.53. The highest BCUT2D eigenvalue weighted by molar-refractivity contribution is 5.34. The fraction of sp³-hybridized carbons (Fsp3) is 0.630. The van der Waals surface area contributed by atoms with Crippen LogP contribution in [-0.4, -0.2) is 0 Å². The molecule has 2 fully saturated rings. The molecule has 4 rings (SSSR count). The van der Waals surface area contributed by atoms with Crippen LogP contribution in [0.5, 0.6) is 0 Å². The Kier molecular flexibility index (Phi) is 6.88. The first kappa shape index (κ1) is 20.8. The third-order valence-corrected chi connectivity index (χ3v) is 8.10. The van der Waals surface area contributed by atoms with Crippen LogP contribution in [0.1, 0.15) is 75.0 Å². The van der Waals surface area contributed by atoms with Crippen molar-refractivity contribution in [3.8, 4) is 0 Å². The van der Waals surface area contributed by atoms with E-state index in [0.29, 0.717) is 5.92 Å². The van der Waals surface area contributed by atoms with Gasteiger partial charge in [-0.2, -0.15) is 8.78 Å². The highest BCUT2D eigenvalue weighted by Gasteiger charge is 2.38. The zero-order valence-electron chi connectivity index (χ0n) is 17.9. The lowest BCUT2D eigenvalue weighted by Gasteiger charge is -2.44. The lowest BCUT2D eigenvalue weighted by atomic mass is 9.61. The van der Waals surface area contributed by atoms with E-state index < -0.39 is 6.08 Å². The number of rotatable bonds is 5. The summed E-state index contributed by atoms with van der Waals surface area (Å²) >= 11 is 0. The Labute approximate surface area is 175 Å². The van der Waals surface area contributed by atoms with Crippen molar-refractivity contribution in [2.45, 2.75) is 77.6 Å². The molecule has 2 heteroatoms. The molecule has 3 aliphatic rings. The number of hydrogen-bond donors (Lipinski definition) is 0. The monoisotopic (exact) mass is 398 g/mol. The van der Waals surface area contributed by atoms with E-state index in [0.717, 1.165) is 49.9 Å². The molecule has 0 spiro atoms. The van der Waals surface area contributed by atoms with Gasteiger partial charge in [0.1, 0.15) is 0 Å². The van der Waals surface area contributed by atoms with E-state index in [4.69, 9.17) is 0 Å². The number of fused-ring (bicyclic) bond motifs is 2. The van der Waals surface area contributed by atoms with E-state index in [1.165, 1.54) is 50.2 Å². The predicted octanol–water partition coefficient (Wildman–Crippen LogP) is 7.91. The zero-order valence-corrected chi connectivity index (χ0v) is 17.9. The quantitative estimate of drug-likeness (QED) is 0.442. The van der Waals surface area contributed by atoms with Crippen LogP contribution >= 0.6 is 0 Å². The van der Waals surface area contributed by atoms with Gasteiger partial charge < -0.3 is 0 Å². The SMILES string of the molecule is C/C=C/CCc1ccc2c(c1)CCC(C1CCC3CC(C=C(F)F)CCC3C1)C2. The Morgan fingerprint density at radius 2 is 1.69 bits per heavy atom. The van der Waals surface area contributed by atoms with Crippen LogP contribution in [0.3, 0.4) is 0 Å². The number of aryl methyl sites for hydroxylation is 2. The molecule has 1 aromatic rings. The molecule has 5 atom stereocenters. The second-order valence-corrected chi connectivity index (χ2v) is 9.84. The molecule has 0 heterocycles. The van der Waals surface area contributed by atoms with Gasteiger partial charge in [-0.25, -0.2) is 0 Å². The van der Waals surface area contributed by atoms with Gasteiger partial charge in [0, 0.05) is 0 Å². The van der Waals surface area contributed by atoms with E-state index in [9.17, 15) is 8.78 Å². The van der Waals surface area contributed by atoms with Gasteiger partial charge in [0.15, 0.2) is 0 Å². The van der Waals surface area contributed by atoms with Crippen molar-refractivity contribution in [2.75, 3.05) is 0 Å². The van der Waals surface area contributed by atoms with Crippen molar-refractivity contribution >= 4 is 0 Å². The van der Waals surface area contributed by atoms with Crippen molar-refractivity contribution < 1.29 is 8.78 Å². The molecule has 0 bridgehead atoms. The minimum Gasteiger partial charge on any atom is -0.174 e. The first-order valence-corrected chi connectivity index (χ1v) is 11.9. The van der Waals surface area contributed by atoms with Crippen LogP contribution < -0.4 is 0 Å². The molecule has 0 amide bonds. The maximum absolute atomic E-state index is 12.6. The van der Waals surface area contributed by atoms with E-state index in [-0.39, 0.29) is 5.92 Å². The molecule has 29 heavy (non-hydrogen) atoms. The van der Waals surface area contributed by atoms with Crippen LogP contribution in [0.25, 0.3) is 0 Å². The summed E-state index contributed by atoms with van der Waals surface area (Å²) in [6.07, 6.45) is 17.3. The van der Waals surface area contributed by atoms with E-state index >= 15 is 0 Å². The van der Waals surface area contributed by atoms with Crippen molar-refractivity contribution in [2.24, 2.45) is 29.6 Å². The molecule has 158 valence electrons. The Hall–Kier alpha value is -1.44. The summed E-state index contributed by atoms with van der Waals surface area (Å²) in [5.74, 6) is 3.29. The summed E-state index contributed by atoms with van der Waals surface area (Å²) in [6, 6.07) is 7.21. The summed E-state index contributed by atoms with van der Waals surface area (Å²) in [5, 5.41) is 0. The average Bonchev–Trinajstić information content (AvgIpc) is 2.73. The first-order chi connectivity index (χ1) is 14.1. The van der Waals surface area contributed by atoms with Crippen LogP contribution in [0.4, 0.5) is 8.78 Å². The molecule has 0 nitrogen and oxygen atoms in total. The zero-order chi connectivity index (χ0) is 20.2. The number of benzene rings is 1. The maximum Gasteiger partial charge on any atom is 0.266 e. The fourth-order valence-corrected chi connectivity index (χ4v) is 6.53. The van der Waals surface area contributed by atoms with Gasteiger partial charge >= 0.3 is 0 Å². The van der Waals surface area contributed by atoms with Gasteiger partial charge in [0.05, 0.1) is 0 Å². The van der Waals surface area contributed by atoms with E-state index in [1.807, 2.05) is 0 Å². The highest BCUT2D eigenvalue weighted by atomic mass is 19.3. The van der Waals surface area contributed by atoms with Crippen LogP contribution in [0.15, 0.2) is 42.5 Å². The third-order valence-electron chi connectivity index (χ3n) is 8.10. The smallest absolute Gasteiger partial charge is 0.174 e. The molecule has 2 saturated carbocycles. The van der Waals surface area contributed by atoms with Gasteiger partial charge in [-0.05, 0) is 130 Å². The molecule has 0 aromatic heterocycles. The molecule has 0 N–H and O–H groups in total. The minimum atomic E-state index is -1.48. The van der Waals surface area contributed by atoms with Crippen LogP contribution in [0.2, 0.25) is 0 Å². The molecule has 0 radical (unpaired) electrons. The largest absolute Gasteiger partial charge is 0.266 e. The Bertz CT molecular complexity index is 743. The number of halogens is 2. The topological polar surface area (TPSA) is 0 Å². The van der Waals surface area contributed by atoms with Crippen molar-refractivity contribution in [3.63, 3.8) is 0 Å². The average molecular weight is 399 g/mol. The van der Waals surface area contributed by atoms with E-state index in [1.54, 1.807) is 11.1 Å². The summed E-state index contributed by atoms with van der Waals surface area (Å²) in [6.45, 7) is 2.09. The van der Waals surface area contributed by atoms with E-state index in [2.05, 4.69) is 37.3 Å². The molecule has 0 aliphatic heterocycles. The van der Waals surface area contributed by atoms with Gasteiger partial charge in [-0.3, -0.25) is 0 Å². The standard InChI is InChI=1S/C27H36F2/c1-2-3-4-5-19-6-8-23-17-25(12-10-21(23)14-19)26-13-11-22-15-20(16-27(28)29)7-9-24(22)18-26/h2-3,6,8,14,16,20,22,24-26H,4-5,7,9-13,15,17-18H2,1H3/b3-2+. The van der Waals surface area contributed by atoms with Gasteiger partial charge in [0.25, 0.3) is 6.08 Å². The molecule has 3 aliphatic carbocycles. The van der Waals surface area contributed by atoms with Gasteiger partial charge in [-0.15, -0.1) is 0 Å². The third kappa shape index (κ3) is 5.19. The Balaban J connectivity index is 1.33. The first-order valence-electron chi connectivity index (χ1n) is 11.9. The maximum atomic E-state index is 12.6. The Morgan fingerprint density at radius 3 is 2.48 bits per heavy atom. The summed E-state index contributed by atoms with van der Waals surface area (Å²) < 4.78 is 25.3. The number of hydrogen-bond acceptors (Lipinski definition) is 0. The summed E-state index contributed by atoms with van der Waals surface area (Å²) in [7, 11) is 0. The van der Waals surface area contributed by atoms with Gasteiger partial charge in [-0.1, -0.05) is 30.4 Å². The lowest BCUT2D eigenvalue weighted by molar-refractivity contribution is 0.0803. The highest BCUT2D eigenvalue weighted by Crippen LogP contribution is 2.48. The van der Waals surface area contributed by atoms with Crippen LogP contribution in [0, 0.1) is 29.6 Å². The Morgan fingerprint density at radius 1 is 0.931 bits per heavy atom. The molecular weight excluding hydrogens is 362 g/mol. The van der Waals surface area contributed by atoms with Crippen molar-refractivity contribution in [3.05, 3.63) is 59.2 Å². The molecule has 0 saturated heterocycles. The van der Waals surface area contributed by atoms with Gasteiger partial charge in [0.2, 0.25) is 0 Å². The normalized spacial score (nSPS) is 31.9. The summed E-state index contributed by atoms with van der Waals surface area (Å²) in [5.41, 5.74) is 4.66. The lowest BCUT2D eigenvalue weighted by Crippen LogP contribution is -2.34. The van der Waals surface area contributed by atoms with Crippen molar-refractivity contribution in [1.29, 1.82) is 0 Å². The van der Waals surface area contributed by atoms with Crippen molar-refractivity contribution in [1.82, 2.24) is 0 Å². The molecular formula is C27H36F2. The predicted molar refractivity (Wildman–Crippen MR) is 117 cm³/mol.